The number of fused-ring (bicyclic) bond motifs is 3. The van der Waals surface area contributed by atoms with Crippen molar-refractivity contribution in [1.82, 2.24) is 9.88 Å². The number of nitrogens with zero attached hydrogens (tertiary/aromatic N) is 1. The van der Waals surface area contributed by atoms with Crippen molar-refractivity contribution >= 4 is 16.8 Å². The van der Waals surface area contributed by atoms with Gasteiger partial charge in [0.25, 0.3) is 0 Å². The van der Waals surface area contributed by atoms with Gasteiger partial charge in [0, 0.05) is 29.6 Å². The van der Waals surface area contributed by atoms with Crippen molar-refractivity contribution in [1.29, 1.82) is 0 Å². The molecule has 1 aromatic carbocycles. The molecule has 0 spiro atoms. The molecule has 0 radical (unpaired) electrons. The van der Waals surface area contributed by atoms with E-state index in [0.717, 1.165) is 19.5 Å². The normalized spacial score (nSPS) is 15.4. The quantitative estimate of drug-likeness (QED) is 0.846. The largest absolute Gasteiger partial charge is 0.357 e. The van der Waals surface area contributed by atoms with Crippen LogP contribution in [-0.2, 0) is 17.8 Å². The molecule has 1 aliphatic heterocycles. The highest BCUT2D eigenvalue weighted by Crippen LogP contribution is 2.28. The number of carbonyl (C=O) groups excluding carboxylic acids is 1. The van der Waals surface area contributed by atoms with Crippen LogP contribution in [0.4, 0.5) is 0 Å². The Kier molecular flexibility index (Phi) is 3.08. The molecule has 20 heavy (non-hydrogen) atoms. The van der Waals surface area contributed by atoms with Gasteiger partial charge in [-0.05, 0) is 23.5 Å². The zero-order chi connectivity index (χ0) is 14.3. The molecule has 2 aromatic rings. The molecule has 3 heteroatoms. The van der Waals surface area contributed by atoms with Crippen LogP contribution in [0.1, 0.15) is 38.4 Å². The summed E-state index contributed by atoms with van der Waals surface area (Å²) >= 11 is 0. The summed E-state index contributed by atoms with van der Waals surface area (Å²) in [4.78, 5) is 17.8. The van der Waals surface area contributed by atoms with Crippen molar-refractivity contribution in [2.45, 2.75) is 40.2 Å². The van der Waals surface area contributed by atoms with Gasteiger partial charge in [0.1, 0.15) is 0 Å². The van der Waals surface area contributed by atoms with Crippen LogP contribution >= 0.6 is 0 Å². The summed E-state index contributed by atoms with van der Waals surface area (Å²) < 4.78 is 0. The Labute approximate surface area is 120 Å². The van der Waals surface area contributed by atoms with Crippen LogP contribution in [0.2, 0.25) is 0 Å². The molecule has 0 saturated carbocycles. The SMILES string of the molecule is CC(C)(C)CC(=O)N1CCc2c([nH]c3ccccc23)C1. The molecule has 0 aliphatic carbocycles. The van der Waals surface area contributed by atoms with Crippen LogP contribution in [0, 0.1) is 5.41 Å². The van der Waals surface area contributed by atoms with Crippen molar-refractivity contribution in [3.8, 4) is 0 Å². The number of para-hydroxylation sites is 1. The Morgan fingerprint density at radius 1 is 1.30 bits per heavy atom. The molecule has 0 saturated heterocycles. The standard InChI is InChI=1S/C17H22N2O/c1-17(2,3)10-16(20)19-9-8-13-12-6-4-5-7-14(12)18-15(13)11-19/h4-7,18H,8-11H2,1-3H3. The van der Waals surface area contributed by atoms with Gasteiger partial charge in [0.2, 0.25) is 5.91 Å². The third-order valence-electron chi connectivity index (χ3n) is 3.92. The molecule has 1 N–H and O–H groups in total. The first-order chi connectivity index (χ1) is 9.44. The molecule has 1 aromatic heterocycles. The number of hydrogen-bond acceptors (Lipinski definition) is 1. The second-order valence-electron chi connectivity index (χ2n) is 6.93. The van der Waals surface area contributed by atoms with Gasteiger partial charge in [-0.3, -0.25) is 4.79 Å². The van der Waals surface area contributed by atoms with Gasteiger partial charge in [-0.15, -0.1) is 0 Å². The van der Waals surface area contributed by atoms with E-state index in [9.17, 15) is 4.79 Å². The summed E-state index contributed by atoms with van der Waals surface area (Å²) in [5.41, 5.74) is 3.83. The van der Waals surface area contributed by atoms with E-state index in [1.54, 1.807) is 0 Å². The van der Waals surface area contributed by atoms with Crippen LogP contribution in [0.5, 0.6) is 0 Å². The van der Waals surface area contributed by atoms with Crippen LogP contribution in [-0.4, -0.2) is 22.3 Å². The third kappa shape index (κ3) is 2.45. The number of benzene rings is 1. The van der Waals surface area contributed by atoms with Crippen LogP contribution < -0.4 is 0 Å². The van der Waals surface area contributed by atoms with Gasteiger partial charge in [0.05, 0.1) is 6.54 Å². The van der Waals surface area contributed by atoms with Gasteiger partial charge in [0.15, 0.2) is 0 Å². The molecule has 3 rings (SSSR count). The Balaban J connectivity index is 1.84. The molecule has 3 nitrogen and oxygen atoms in total. The van der Waals surface area contributed by atoms with Crippen molar-refractivity contribution in [2.75, 3.05) is 6.54 Å². The van der Waals surface area contributed by atoms with E-state index in [1.807, 2.05) is 11.0 Å². The van der Waals surface area contributed by atoms with Crippen LogP contribution in [0.15, 0.2) is 24.3 Å². The number of carbonyl (C=O) groups is 1. The molecule has 1 amide bonds. The van der Waals surface area contributed by atoms with Gasteiger partial charge in [-0.25, -0.2) is 0 Å². The first-order valence-corrected chi connectivity index (χ1v) is 7.30. The van der Waals surface area contributed by atoms with E-state index in [0.29, 0.717) is 6.42 Å². The average molecular weight is 270 g/mol. The Morgan fingerprint density at radius 2 is 2.05 bits per heavy atom. The summed E-state index contributed by atoms with van der Waals surface area (Å²) in [6, 6.07) is 8.40. The minimum absolute atomic E-state index is 0.0534. The minimum atomic E-state index is 0.0534. The van der Waals surface area contributed by atoms with Gasteiger partial charge in [-0.1, -0.05) is 39.0 Å². The van der Waals surface area contributed by atoms with Crippen molar-refractivity contribution in [3.63, 3.8) is 0 Å². The fourth-order valence-electron chi connectivity index (χ4n) is 2.97. The van der Waals surface area contributed by atoms with Crippen molar-refractivity contribution in [2.24, 2.45) is 5.41 Å². The fraction of sp³-hybridized carbons (Fsp3) is 0.471. The second-order valence-corrected chi connectivity index (χ2v) is 6.93. The summed E-state index contributed by atoms with van der Waals surface area (Å²) in [7, 11) is 0. The van der Waals surface area contributed by atoms with E-state index < -0.39 is 0 Å². The Morgan fingerprint density at radius 3 is 2.80 bits per heavy atom. The molecule has 0 bridgehead atoms. The van der Waals surface area contributed by atoms with E-state index >= 15 is 0 Å². The van der Waals surface area contributed by atoms with E-state index in [4.69, 9.17) is 0 Å². The number of hydrogen-bond donors (Lipinski definition) is 1. The molecule has 106 valence electrons. The lowest BCUT2D eigenvalue weighted by Gasteiger charge is -2.30. The van der Waals surface area contributed by atoms with E-state index in [2.05, 4.69) is 44.0 Å². The number of nitrogens with one attached hydrogen (secondary N) is 1. The van der Waals surface area contributed by atoms with E-state index in [1.165, 1.54) is 22.2 Å². The zero-order valence-corrected chi connectivity index (χ0v) is 12.5. The van der Waals surface area contributed by atoms with Gasteiger partial charge >= 0.3 is 0 Å². The molecule has 0 atom stereocenters. The number of rotatable bonds is 1. The second kappa shape index (κ2) is 4.65. The molecule has 0 fully saturated rings. The molecular formula is C17H22N2O. The van der Waals surface area contributed by atoms with Gasteiger partial charge in [-0.2, -0.15) is 0 Å². The van der Waals surface area contributed by atoms with Crippen molar-refractivity contribution < 1.29 is 4.79 Å². The summed E-state index contributed by atoms with van der Waals surface area (Å²) in [5.74, 6) is 0.266. The first kappa shape index (κ1) is 13.2. The molecular weight excluding hydrogens is 248 g/mol. The summed E-state index contributed by atoms with van der Waals surface area (Å²) in [6.07, 6.45) is 1.57. The maximum atomic E-state index is 12.4. The smallest absolute Gasteiger partial charge is 0.223 e. The highest BCUT2D eigenvalue weighted by molar-refractivity contribution is 5.85. The van der Waals surface area contributed by atoms with E-state index in [-0.39, 0.29) is 11.3 Å². The number of H-pyrrole nitrogens is 1. The predicted molar refractivity (Wildman–Crippen MR) is 81.5 cm³/mol. The van der Waals surface area contributed by atoms with Crippen LogP contribution in [0.3, 0.4) is 0 Å². The monoisotopic (exact) mass is 270 g/mol. The van der Waals surface area contributed by atoms with Gasteiger partial charge < -0.3 is 9.88 Å². The lowest BCUT2D eigenvalue weighted by Crippen LogP contribution is -2.37. The zero-order valence-electron chi connectivity index (χ0n) is 12.5. The maximum Gasteiger partial charge on any atom is 0.223 e. The molecule has 0 unspecified atom stereocenters. The predicted octanol–water partition coefficient (Wildman–Crippen LogP) is 3.49. The van der Waals surface area contributed by atoms with Crippen LogP contribution in [0.25, 0.3) is 10.9 Å². The summed E-state index contributed by atoms with van der Waals surface area (Å²) in [5, 5.41) is 1.31. The maximum absolute atomic E-state index is 12.4. The average Bonchev–Trinajstić information content (AvgIpc) is 2.74. The number of aromatic nitrogens is 1. The highest BCUT2D eigenvalue weighted by atomic mass is 16.2. The minimum Gasteiger partial charge on any atom is -0.357 e. The first-order valence-electron chi connectivity index (χ1n) is 7.30. The molecule has 1 aliphatic rings. The Bertz CT molecular complexity index is 649. The molecule has 2 heterocycles. The third-order valence-corrected chi connectivity index (χ3v) is 3.92. The highest BCUT2D eigenvalue weighted by Gasteiger charge is 2.26. The Hall–Kier alpha value is -1.77. The topological polar surface area (TPSA) is 36.1 Å². The lowest BCUT2D eigenvalue weighted by atomic mass is 9.91. The number of amides is 1. The summed E-state index contributed by atoms with van der Waals surface area (Å²) in [6.45, 7) is 7.90. The number of aromatic amines is 1. The van der Waals surface area contributed by atoms with Crippen molar-refractivity contribution in [3.05, 3.63) is 35.5 Å². The lowest BCUT2D eigenvalue weighted by molar-refractivity contribution is -0.134. The fourth-order valence-corrected chi connectivity index (χ4v) is 2.97.